The number of fused-ring (bicyclic) bond motifs is 1. The van der Waals surface area contributed by atoms with Gasteiger partial charge in [0.15, 0.2) is 0 Å². The largest absolute Gasteiger partial charge is 0.354 e. The fourth-order valence-corrected chi connectivity index (χ4v) is 4.14. The third kappa shape index (κ3) is 3.44. The molecule has 1 aliphatic carbocycles. The highest BCUT2D eigenvalue weighted by Crippen LogP contribution is 2.28. The smallest absolute Gasteiger partial charge is 0.275 e. The van der Waals surface area contributed by atoms with Crippen LogP contribution in [0.3, 0.4) is 0 Å². The maximum absolute atomic E-state index is 12.1. The number of nitrogens with one attached hydrogen (secondary N) is 1. The fourth-order valence-electron chi connectivity index (χ4n) is 3.32. The third-order valence-electron chi connectivity index (χ3n) is 4.59. The summed E-state index contributed by atoms with van der Waals surface area (Å²) in [5.41, 5.74) is 1.69. The van der Waals surface area contributed by atoms with Crippen molar-refractivity contribution < 1.29 is 0 Å². The molecule has 132 valence electrons. The minimum Gasteiger partial charge on any atom is -0.354 e. The van der Waals surface area contributed by atoms with Gasteiger partial charge in [-0.15, -0.1) is 5.10 Å². The molecule has 1 aliphatic rings. The Balaban J connectivity index is 1.47. The third-order valence-corrected chi connectivity index (χ3v) is 5.45. The van der Waals surface area contributed by atoms with Crippen molar-refractivity contribution in [3.8, 4) is 0 Å². The van der Waals surface area contributed by atoms with Crippen LogP contribution in [0.25, 0.3) is 4.96 Å². The zero-order valence-corrected chi connectivity index (χ0v) is 15.1. The molecule has 1 fully saturated rings. The topological polar surface area (TPSA) is 77.1 Å². The van der Waals surface area contributed by atoms with Crippen LogP contribution in [0.15, 0.2) is 23.1 Å². The second kappa shape index (κ2) is 6.95. The molecule has 0 spiro atoms. The van der Waals surface area contributed by atoms with Gasteiger partial charge < -0.3 is 5.32 Å². The maximum atomic E-state index is 12.1. The van der Waals surface area contributed by atoms with Crippen molar-refractivity contribution in [2.24, 2.45) is 0 Å². The van der Waals surface area contributed by atoms with E-state index in [-0.39, 0.29) is 5.56 Å². The van der Waals surface area contributed by atoms with Crippen LogP contribution >= 0.6 is 11.3 Å². The van der Waals surface area contributed by atoms with E-state index in [1.165, 1.54) is 41.5 Å². The highest BCUT2D eigenvalue weighted by molar-refractivity contribution is 7.20. The molecular formula is C17H22N6OS. The molecule has 3 aromatic rings. The summed E-state index contributed by atoms with van der Waals surface area (Å²) in [6.07, 6.45) is 8.88. The quantitative estimate of drug-likeness (QED) is 0.733. The number of rotatable bonds is 6. The molecule has 0 saturated heterocycles. The van der Waals surface area contributed by atoms with Crippen molar-refractivity contribution in [3.63, 3.8) is 0 Å². The summed E-state index contributed by atoms with van der Waals surface area (Å²) < 4.78 is 3.45. The van der Waals surface area contributed by atoms with Crippen molar-refractivity contribution >= 4 is 21.4 Å². The summed E-state index contributed by atoms with van der Waals surface area (Å²) in [6.45, 7) is 2.67. The van der Waals surface area contributed by atoms with Crippen molar-refractivity contribution in [1.82, 2.24) is 24.4 Å². The van der Waals surface area contributed by atoms with E-state index < -0.39 is 0 Å². The van der Waals surface area contributed by atoms with E-state index in [1.54, 1.807) is 6.07 Å². The van der Waals surface area contributed by atoms with Gasteiger partial charge in [-0.2, -0.15) is 9.61 Å². The van der Waals surface area contributed by atoms with Crippen molar-refractivity contribution in [2.45, 2.75) is 58.0 Å². The Kier molecular flexibility index (Phi) is 4.52. The summed E-state index contributed by atoms with van der Waals surface area (Å²) >= 11 is 1.40. The second-order valence-electron chi connectivity index (χ2n) is 6.52. The average Bonchev–Trinajstić information content (AvgIpc) is 3.33. The molecule has 3 heterocycles. The number of aryl methyl sites for hydroxylation is 1. The van der Waals surface area contributed by atoms with E-state index in [4.69, 9.17) is 0 Å². The van der Waals surface area contributed by atoms with Crippen LogP contribution in [0.2, 0.25) is 0 Å². The van der Waals surface area contributed by atoms with Gasteiger partial charge in [0.1, 0.15) is 0 Å². The Morgan fingerprint density at radius 3 is 2.92 bits per heavy atom. The number of aromatic nitrogens is 5. The summed E-state index contributed by atoms with van der Waals surface area (Å²) in [7, 11) is 0. The van der Waals surface area contributed by atoms with Crippen LogP contribution in [0.1, 0.15) is 56.5 Å². The Hall–Kier alpha value is -2.22. The van der Waals surface area contributed by atoms with Gasteiger partial charge in [0.2, 0.25) is 10.1 Å². The van der Waals surface area contributed by atoms with Crippen molar-refractivity contribution in [2.75, 3.05) is 5.32 Å². The van der Waals surface area contributed by atoms with Gasteiger partial charge in [-0.25, -0.2) is 4.98 Å². The predicted octanol–water partition coefficient (Wildman–Crippen LogP) is 3.03. The molecule has 0 aliphatic heterocycles. The van der Waals surface area contributed by atoms with Crippen molar-refractivity contribution in [1.29, 1.82) is 0 Å². The van der Waals surface area contributed by atoms with Crippen LogP contribution in [-0.4, -0.2) is 24.4 Å². The van der Waals surface area contributed by atoms with E-state index in [0.29, 0.717) is 22.7 Å². The Morgan fingerprint density at radius 2 is 2.12 bits per heavy atom. The van der Waals surface area contributed by atoms with E-state index >= 15 is 0 Å². The first-order valence-electron chi connectivity index (χ1n) is 8.90. The minimum atomic E-state index is -0.122. The van der Waals surface area contributed by atoms with Gasteiger partial charge in [-0.05, 0) is 25.3 Å². The molecule has 25 heavy (non-hydrogen) atoms. The molecule has 4 rings (SSSR count). The molecular weight excluding hydrogens is 336 g/mol. The SMILES string of the molecule is CCCc1cc(=O)n2nc(NCc3ccn(C4CCCC4)n3)sc2n1. The van der Waals surface area contributed by atoms with Gasteiger partial charge in [0.05, 0.1) is 18.3 Å². The summed E-state index contributed by atoms with van der Waals surface area (Å²) in [4.78, 5) is 17.3. The minimum absolute atomic E-state index is 0.122. The Bertz CT molecular complexity index is 921. The Labute approximate surface area is 149 Å². The van der Waals surface area contributed by atoms with E-state index in [1.807, 2.05) is 6.07 Å². The summed E-state index contributed by atoms with van der Waals surface area (Å²) in [6, 6.07) is 4.17. The van der Waals surface area contributed by atoms with Crippen LogP contribution in [0.5, 0.6) is 0 Å². The van der Waals surface area contributed by atoms with Gasteiger partial charge in [0.25, 0.3) is 5.56 Å². The molecule has 0 atom stereocenters. The lowest BCUT2D eigenvalue weighted by atomic mass is 10.2. The van der Waals surface area contributed by atoms with Crippen LogP contribution in [0, 0.1) is 0 Å². The molecule has 1 N–H and O–H groups in total. The van der Waals surface area contributed by atoms with Crippen LogP contribution in [0.4, 0.5) is 5.13 Å². The highest BCUT2D eigenvalue weighted by atomic mass is 32.1. The first-order valence-corrected chi connectivity index (χ1v) is 9.72. The molecule has 0 radical (unpaired) electrons. The summed E-state index contributed by atoms with van der Waals surface area (Å²) in [5, 5.41) is 12.9. The normalized spacial score (nSPS) is 15.2. The van der Waals surface area contributed by atoms with E-state index in [2.05, 4.69) is 38.3 Å². The van der Waals surface area contributed by atoms with Crippen LogP contribution in [-0.2, 0) is 13.0 Å². The molecule has 0 bridgehead atoms. The predicted molar refractivity (Wildman–Crippen MR) is 98.2 cm³/mol. The summed E-state index contributed by atoms with van der Waals surface area (Å²) in [5.74, 6) is 0. The number of hydrogen-bond acceptors (Lipinski definition) is 6. The Morgan fingerprint density at radius 1 is 1.28 bits per heavy atom. The van der Waals surface area contributed by atoms with Crippen molar-refractivity contribution in [3.05, 3.63) is 40.1 Å². The first kappa shape index (κ1) is 16.3. The van der Waals surface area contributed by atoms with Gasteiger partial charge in [0, 0.05) is 18.0 Å². The molecule has 7 nitrogen and oxygen atoms in total. The molecule has 0 amide bonds. The van der Waals surface area contributed by atoms with Gasteiger partial charge in [-0.3, -0.25) is 9.48 Å². The lowest BCUT2D eigenvalue weighted by Crippen LogP contribution is -2.15. The second-order valence-corrected chi connectivity index (χ2v) is 7.47. The average molecular weight is 358 g/mol. The van der Waals surface area contributed by atoms with Gasteiger partial charge in [-0.1, -0.05) is 37.5 Å². The standard InChI is InChI=1S/C17H22N6OS/c1-2-5-12-10-15(24)23-17(19-12)25-16(21-23)18-11-13-8-9-22(20-13)14-6-3-4-7-14/h8-10,14H,2-7,11H2,1H3,(H,18,21). The van der Waals surface area contributed by atoms with E-state index in [0.717, 1.165) is 24.2 Å². The number of nitrogens with zero attached hydrogens (tertiary/aromatic N) is 5. The number of anilines is 1. The zero-order valence-electron chi connectivity index (χ0n) is 14.3. The first-order chi connectivity index (χ1) is 12.2. The molecule has 3 aromatic heterocycles. The monoisotopic (exact) mass is 358 g/mol. The maximum Gasteiger partial charge on any atom is 0.275 e. The molecule has 8 heteroatoms. The fraction of sp³-hybridized carbons (Fsp3) is 0.529. The zero-order chi connectivity index (χ0) is 17.2. The van der Waals surface area contributed by atoms with Gasteiger partial charge >= 0.3 is 0 Å². The number of hydrogen-bond donors (Lipinski definition) is 1. The van der Waals surface area contributed by atoms with Crippen LogP contribution < -0.4 is 10.9 Å². The highest BCUT2D eigenvalue weighted by Gasteiger charge is 2.17. The lowest BCUT2D eigenvalue weighted by molar-refractivity contribution is 0.463. The molecule has 0 unspecified atom stereocenters. The molecule has 0 aromatic carbocycles. The lowest BCUT2D eigenvalue weighted by Gasteiger charge is -2.08. The van der Waals surface area contributed by atoms with E-state index in [9.17, 15) is 4.79 Å². The molecule has 1 saturated carbocycles.